The summed E-state index contributed by atoms with van der Waals surface area (Å²) in [6.07, 6.45) is 0.671. The molecule has 0 saturated carbocycles. The zero-order chi connectivity index (χ0) is 17.2. The molecule has 1 amide bonds. The van der Waals surface area contributed by atoms with Crippen molar-refractivity contribution >= 4 is 26.6 Å². The van der Waals surface area contributed by atoms with Gasteiger partial charge in [-0.2, -0.15) is 0 Å². The van der Waals surface area contributed by atoms with Gasteiger partial charge in [0, 0.05) is 13.0 Å². The van der Waals surface area contributed by atoms with Gasteiger partial charge in [-0.15, -0.1) is 5.10 Å². The lowest BCUT2D eigenvalue weighted by Crippen LogP contribution is -2.32. The van der Waals surface area contributed by atoms with Crippen molar-refractivity contribution in [3.63, 3.8) is 0 Å². The molecule has 1 aromatic carbocycles. The molecule has 1 atom stereocenters. The SMILES string of the molecule is O=C(CCn1nnc2ccccc2c1=O)NC[C@@H]1CCS(=O)(=O)C1. The molecule has 1 aromatic heterocycles. The fraction of sp³-hybridized carbons (Fsp3) is 0.467. The van der Waals surface area contributed by atoms with Crippen molar-refractivity contribution in [3.8, 4) is 0 Å². The van der Waals surface area contributed by atoms with Crippen LogP contribution in [0.2, 0.25) is 0 Å². The zero-order valence-electron chi connectivity index (χ0n) is 13.0. The molecular formula is C15H18N4O4S. The summed E-state index contributed by atoms with van der Waals surface area (Å²) >= 11 is 0. The highest BCUT2D eigenvalue weighted by Gasteiger charge is 2.27. The van der Waals surface area contributed by atoms with Crippen molar-refractivity contribution in [1.29, 1.82) is 0 Å². The fourth-order valence-electron chi connectivity index (χ4n) is 2.76. The number of hydrogen-bond donors (Lipinski definition) is 1. The Morgan fingerprint density at radius 2 is 2.12 bits per heavy atom. The number of carbonyl (C=O) groups excluding carboxylic acids is 1. The molecule has 2 aromatic rings. The Labute approximate surface area is 138 Å². The van der Waals surface area contributed by atoms with Gasteiger partial charge in [0.15, 0.2) is 9.84 Å². The molecule has 0 radical (unpaired) electrons. The van der Waals surface area contributed by atoms with E-state index in [-0.39, 0.29) is 41.9 Å². The van der Waals surface area contributed by atoms with E-state index in [9.17, 15) is 18.0 Å². The maximum Gasteiger partial charge on any atom is 0.277 e. The highest BCUT2D eigenvalue weighted by atomic mass is 32.2. The summed E-state index contributed by atoms with van der Waals surface area (Å²) in [6.45, 7) is 0.474. The molecule has 0 unspecified atom stereocenters. The number of fused-ring (bicyclic) bond motifs is 1. The van der Waals surface area contributed by atoms with E-state index < -0.39 is 9.84 Å². The van der Waals surface area contributed by atoms with Crippen LogP contribution in [0.3, 0.4) is 0 Å². The number of sulfone groups is 1. The number of aromatic nitrogens is 3. The standard InChI is InChI=1S/C15H18N4O4S/c20-14(16-9-11-6-8-24(22,23)10-11)5-7-19-15(21)12-3-1-2-4-13(12)17-18-19/h1-4,11H,5-10H2,(H,16,20)/t11-/m0/s1. The van der Waals surface area contributed by atoms with E-state index in [2.05, 4.69) is 15.6 Å². The van der Waals surface area contributed by atoms with Crippen LogP contribution in [0.25, 0.3) is 10.9 Å². The first kappa shape index (κ1) is 16.6. The van der Waals surface area contributed by atoms with E-state index >= 15 is 0 Å². The Hall–Kier alpha value is -2.29. The Morgan fingerprint density at radius 3 is 2.88 bits per heavy atom. The molecule has 2 heterocycles. The second kappa shape index (κ2) is 6.68. The smallest absolute Gasteiger partial charge is 0.277 e. The van der Waals surface area contributed by atoms with Crippen LogP contribution in [-0.2, 0) is 21.2 Å². The molecule has 3 rings (SSSR count). The molecule has 0 aliphatic carbocycles. The van der Waals surface area contributed by atoms with E-state index in [4.69, 9.17) is 0 Å². The third-order valence-corrected chi connectivity index (χ3v) is 5.93. The van der Waals surface area contributed by atoms with E-state index in [1.54, 1.807) is 24.3 Å². The quantitative estimate of drug-likeness (QED) is 0.795. The van der Waals surface area contributed by atoms with Crippen LogP contribution in [-0.4, -0.2) is 47.4 Å². The van der Waals surface area contributed by atoms with Gasteiger partial charge in [0.25, 0.3) is 5.56 Å². The van der Waals surface area contributed by atoms with Gasteiger partial charge in [0.1, 0.15) is 5.52 Å². The first-order valence-electron chi connectivity index (χ1n) is 7.74. The number of benzene rings is 1. The maximum atomic E-state index is 12.2. The van der Waals surface area contributed by atoms with Gasteiger partial charge in [-0.25, -0.2) is 13.1 Å². The van der Waals surface area contributed by atoms with E-state index in [0.29, 0.717) is 23.9 Å². The molecule has 128 valence electrons. The molecule has 1 aliphatic rings. The van der Waals surface area contributed by atoms with Gasteiger partial charge >= 0.3 is 0 Å². The van der Waals surface area contributed by atoms with E-state index in [0.717, 1.165) is 0 Å². The molecule has 0 spiro atoms. The van der Waals surface area contributed by atoms with Crippen molar-refractivity contribution in [3.05, 3.63) is 34.6 Å². The highest BCUT2D eigenvalue weighted by Crippen LogP contribution is 2.17. The van der Waals surface area contributed by atoms with Crippen molar-refractivity contribution in [2.45, 2.75) is 19.4 Å². The molecule has 8 nitrogen and oxygen atoms in total. The number of hydrogen-bond acceptors (Lipinski definition) is 6. The Morgan fingerprint density at radius 1 is 1.33 bits per heavy atom. The Bertz CT molecular complexity index is 922. The fourth-order valence-corrected chi connectivity index (χ4v) is 4.62. The van der Waals surface area contributed by atoms with Crippen LogP contribution in [0.1, 0.15) is 12.8 Å². The lowest BCUT2D eigenvalue weighted by molar-refractivity contribution is -0.121. The molecule has 24 heavy (non-hydrogen) atoms. The van der Waals surface area contributed by atoms with Gasteiger partial charge in [-0.05, 0) is 24.5 Å². The van der Waals surface area contributed by atoms with Gasteiger partial charge in [-0.3, -0.25) is 9.59 Å². The minimum atomic E-state index is -2.94. The lowest BCUT2D eigenvalue weighted by Gasteiger charge is -2.10. The predicted molar refractivity (Wildman–Crippen MR) is 88.2 cm³/mol. The number of nitrogens with one attached hydrogen (secondary N) is 1. The number of nitrogens with zero attached hydrogens (tertiary/aromatic N) is 3. The average Bonchev–Trinajstić information content (AvgIpc) is 2.92. The number of aryl methyl sites for hydroxylation is 1. The monoisotopic (exact) mass is 350 g/mol. The second-order valence-corrected chi connectivity index (χ2v) is 8.19. The van der Waals surface area contributed by atoms with Crippen LogP contribution in [0.4, 0.5) is 0 Å². The summed E-state index contributed by atoms with van der Waals surface area (Å²) in [4.78, 5) is 24.1. The van der Waals surface area contributed by atoms with Gasteiger partial charge in [-0.1, -0.05) is 17.3 Å². The van der Waals surface area contributed by atoms with Crippen LogP contribution in [0.5, 0.6) is 0 Å². The van der Waals surface area contributed by atoms with Crippen LogP contribution >= 0.6 is 0 Å². The van der Waals surface area contributed by atoms with Crippen molar-refractivity contribution < 1.29 is 13.2 Å². The molecule has 1 fully saturated rings. The summed E-state index contributed by atoms with van der Waals surface area (Å²) in [5, 5.41) is 11.0. The summed E-state index contributed by atoms with van der Waals surface area (Å²) in [5.41, 5.74) is 0.237. The number of amides is 1. The Balaban J connectivity index is 1.55. The zero-order valence-corrected chi connectivity index (χ0v) is 13.8. The van der Waals surface area contributed by atoms with Crippen LogP contribution in [0.15, 0.2) is 29.1 Å². The van der Waals surface area contributed by atoms with E-state index in [1.165, 1.54) is 4.68 Å². The van der Waals surface area contributed by atoms with E-state index in [1.807, 2.05) is 0 Å². The highest BCUT2D eigenvalue weighted by molar-refractivity contribution is 7.91. The third kappa shape index (κ3) is 3.78. The third-order valence-electron chi connectivity index (χ3n) is 4.09. The average molecular weight is 350 g/mol. The predicted octanol–water partition coefficient (Wildman–Crippen LogP) is -0.267. The van der Waals surface area contributed by atoms with Gasteiger partial charge in [0.05, 0.1) is 23.4 Å². The normalized spacial score (nSPS) is 19.4. The van der Waals surface area contributed by atoms with Crippen molar-refractivity contribution in [2.75, 3.05) is 18.1 Å². The molecular weight excluding hydrogens is 332 g/mol. The number of rotatable bonds is 5. The molecule has 0 bridgehead atoms. The van der Waals surface area contributed by atoms with Crippen LogP contribution in [0, 0.1) is 5.92 Å². The molecule has 1 aliphatic heterocycles. The summed E-state index contributed by atoms with van der Waals surface area (Å²) in [7, 11) is -2.94. The van der Waals surface area contributed by atoms with Gasteiger partial charge < -0.3 is 5.32 Å². The maximum absolute atomic E-state index is 12.2. The summed E-state index contributed by atoms with van der Waals surface area (Å²) in [6, 6.07) is 6.90. The molecule has 9 heteroatoms. The minimum Gasteiger partial charge on any atom is -0.356 e. The number of carbonyl (C=O) groups is 1. The van der Waals surface area contributed by atoms with Crippen LogP contribution < -0.4 is 10.9 Å². The van der Waals surface area contributed by atoms with Crippen molar-refractivity contribution in [2.24, 2.45) is 5.92 Å². The topological polar surface area (TPSA) is 111 Å². The lowest BCUT2D eigenvalue weighted by atomic mass is 10.1. The first-order valence-corrected chi connectivity index (χ1v) is 9.56. The minimum absolute atomic E-state index is 0.0258. The summed E-state index contributed by atoms with van der Waals surface area (Å²) in [5.74, 6) is 0.0571. The second-order valence-electron chi connectivity index (χ2n) is 5.96. The Kier molecular flexibility index (Phi) is 4.61. The summed E-state index contributed by atoms with van der Waals surface area (Å²) < 4.78 is 23.9. The van der Waals surface area contributed by atoms with Gasteiger partial charge in [0.2, 0.25) is 5.91 Å². The largest absolute Gasteiger partial charge is 0.356 e. The molecule has 1 saturated heterocycles. The molecule has 1 N–H and O–H groups in total. The van der Waals surface area contributed by atoms with Crippen molar-refractivity contribution in [1.82, 2.24) is 20.3 Å². The first-order chi connectivity index (χ1) is 11.4.